The van der Waals surface area contributed by atoms with Crippen LogP contribution in [-0.2, 0) is 14.4 Å². The Hall–Kier alpha value is -1.67. The predicted octanol–water partition coefficient (Wildman–Crippen LogP) is 1.20. The molecule has 0 spiro atoms. The van der Waals surface area contributed by atoms with Crippen LogP contribution in [0.3, 0.4) is 0 Å². The van der Waals surface area contributed by atoms with Gasteiger partial charge in [0, 0.05) is 13.6 Å². The Morgan fingerprint density at radius 3 is 2.22 bits per heavy atom. The molecule has 0 aromatic heterocycles. The second kappa shape index (κ2) is 11.9. The predicted molar refractivity (Wildman–Crippen MR) is 101 cm³/mol. The number of likely N-dealkylation sites (N-methyl/N-ethyl adjacent to an activating group) is 1. The molecule has 27 heavy (non-hydrogen) atoms. The zero-order valence-electron chi connectivity index (χ0n) is 16.7. The second-order valence-corrected chi connectivity index (χ2v) is 7.78. The average molecular weight is 386 g/mol. The van der Waals surface area contributed by atoms with Crippen molar-refractivity contribution in [2.45, 2.75) is 77.4 Å². The van der Waals surface area contributed by atoms with Gasteiger partial charge in [0.25, 0.3) is 5.91 Å². The van der Waals surface area contributed by atoms with Crippen molar-refractivity contribution in [3.8, 4) is 0 Å². The van der Waals surface area contributed by atoms with Crippen LogP contribution in [0.1, 0.15) is 65.2 Å². The quantitative estimate of drug-likeness (QED) is 0.430. The van der Waals surface area contributed by atoms with E-state index >= 15 is 0 Å². The first kappa shape index (κ1) is 23.4. The van der Waals surface area contributed by atoms with Crippen molar-refractivity contribution in [3.05, 3.63) is 0 Å². The maximum Gasteiger partial charge on any atom is 0.272 e. The largest absolute Gasteiger partial charge is 0.382 e. The number of nitrogens with zero attached hydrogens (tertiary/aromatic N) is 1. The minimum Gasteiger partial charge on any atom is -0.382 e. The molecule has 156 valence electrons. The molecule has 1 aliphatic heterocycles. The van der Waals surface area contributed by atoms with Gasteiger partial charge in [0.05, 0.1) is 5.92 Å². The number of rotatable bonds is 3. The Balaban J connectivity index is 3.00. The van der Waals surface area contributed by atoms with Gasteiger partial charge >= 0.3 is 0 Å². The zero-order chi connectivity index (χ0) is 20.4. The van der Waals surface area contributed by atoms with Crippen LogP contribution in [0.15, 0.2) is 0 Å². The van der Waals surface area contributed by atoms with E-state index in [1.165, 1.54) is 5.48 Å². The van der Waals surface area contributed by atoms with E-state index in [1.807, 2.05) is 13.8 Å². The van der Waals surface area contributed by atoms with Gasteiger partial charge in [-0.15, -0.1) is 0 Å². The molecule has 3 amide bonds. The van der Waals surface area contributed by atoms with Crippen LogP contribution in [0, 0.1) is 11.8 Å². The molecular weight excluding hydrogens is 350 g/mol. The molecule has 0 aromatic rings. The van der Waals surface area contributed by atoms with Gasteiger partial charge in [-0.3, -0.25) is 19.6 Å². The Kier molecular flexibility index (Phi) is 10.3. The average Bonchev–Trinajstić information content (AvgIpc) is 2.64. The van der Waals surface area contributed by atoms with Crippen LogP contribution in [0.5, 0.6) is 0 Å². The molecule has 1 heterocycles. The van der Waals surface area contributed by atoms with Gasteiger partial charge in [-0.1, -0.05) is 52.4 Å². The minimum absolute atomic E-state index is 0.135. The van der Waals surface area contributed by atoms with E-state index in [0.717, 1.165) is 38.5 Å². The van der Waals surface area contributed by atoms with Gasteiger partial charge in [0.1, 0.15) is 12.1 Å². The summed E-state index contributed by atoms with van der Waals surface area (Å²) >= 11 is 0. The number of carbonyl (C=O) groups excluding carboxylic acids is 3. The number of hydroxylamine groups is 1. The standard InChI is InChI=1S/C19H35N3O5/c1-13(2)15-19(26)22(3)12-10-8-6-4-5-7-9-11-14(17(24)20-15)16(23)18(25)21-27/h13-16,23,27H,4-12H2,1-3H3,(H,20,24)(H,21,25)/t14-,15+,16+/m1/s1. The summed E-state index contributed by atoms with van der Waals surface area (Å²) in [5, 5.41) is 21.7. The van der Waals surface area contributed by atoms with Crippen LogP contribution in [0.2, 0.25) is 0 Å². The van der Waals surface area contributed by atoms with Crippen LogP contribution >= 0.6 is 0 Å². The molecular formula is C19H35N3O5. The molecule has 8 heteroatoms. The highest BCUT2D eigenvalue weighted by Gasteiger charge is 2.35. The van der Waals surface area contributed by atoms with Crippen molar-refractivity contribution in [2.75, 3.05) is 13.6 Å². The van der Waals surface area contributed by atoms with Crippen LogP contribution in [-0.4, -0.2) is 58.7 Å². The minimum atomic E-state index is -1.66. The summed E-state index contributed by atoms with van der Waals surface area (Å²) in [5.74, 6) is -2.88. The normalized spacial score (nSPS) is 25.3. The van der Waals surface area contributed by atoms with E-state index in [-0.39, 0.29) is 11.8 Å². The van der Waals surface area contributed by atoms with Crippen molar-refractivity contribution in [1.82, 2.24) is 15.7 Å². The van der Waals surface area contributed by atoms with E-state index in [9.17, 15) is 19.5 Å². The highest BCUT2D eigenvalue weighted by molar-refractivity contribution is 5.92. The van der Waals surface area contributed by atoms with E-state index in [2.05, 4.69) is 5.32 Å². The molecule has 1 aliphatic rings. The molecule has 0 bridgehead atoms. The van der Waals surface area contributed by atoms with Crippen molar-refractivity contribution in [3.63, 3.8) is 0 Å². The molecule has 0 unspecified atom stereocenters. The highest BCUT2D eigenvalue weighted by Crippen LogP contribution is 2.19. The maximum absolute atomic E-state index is 12.8. The third-order valence-corrected chi connectivity index (χ3v) is 5.21. The third kappa shape index (κ3) is 7.46. The van der Waals surface area contributed by atoms with Gasteiger partial charge in [-0.25, -0.2) is 5.48 Å². The summed E-state index contributed by atoms with van der Waals surface area (Å²) in [7, 11) is 1.73. The Morgan fingerprint density at radius 2 is 1.67 bits per heavy atom. The fraction of sp³-hybridized carbons (Fsp3) is 0.842. The fourth-order valence-corrected chi connectivity index (χ4v) is 3.40. The van der Waals surface area contributed by atoms with Crippen molar-refractivity contribution in [2.24, 2.45) is 11.8 Å². The summed E-state index contributed by atoms with van der Waals surface area (Å²) < 4.78 is 0. The smallest absolute Gasteiger partial charge is 0.272 e. The van der Waals surface area contributed by atoms with Gasteiger partial charge in [0.15, 0.2) is 0 Å². The van der Waals surface area contributed by atoms with E-state index < -0.39 is 29.9 Å². The highest BCUT2D eigenvalue weighted by atomic mass is 16.5. The molecule has 1 saturated heterocycles. The lowest BCUT2D eigenvalue weighted by Gasteiger charge is -2.29. The van der Waals surface area contributed by atoms with Crippen molar-refractivity contribution >= 4 is 17.7 Å². The van der Waals surface area contributed by atoms with Gasteiger partial charge in [-0.05, 0) is 18.8 Å². The monoisotopic (exact) mass is 385 g/mol. The first-order valence-corrected chi connectivity index (χ1v) is 9.97. The summed E-state index contributed by atoms with van der Waals surface area (Å²) in [5.41, 5.74) is 1.40. The molecule has 1 fully saturated rings. The number of amides is 3. The number of aliphatic hydroxyl groups excluding tert-OH is 1. The maximum atomic E-state index is 12.8. The Bertz CT molecular complexity index is 498. The molecule has 0 radical (unpaired) electrons. The number of hydrogen-bond donors (Lipinski definition) is 4. The molecule has 0 aliphatic carbocycles. The summed E-state index contributed by atoms with van der Waals surface area (Å²) in [6.45, 7) is 4.32. The zero-order valence-corrected chi connectivity index (χ0v) is 16.7. The van der Waals surface area contributed by atoms with Gasteiger partial charge in [0.2, 0.25) is 11.8 Å². The first-order chi connectivity index (χ1) is 12.8. The SMILES string of the molecule is CC(C)[C@@H]1NC(=O)[C@@H]([C@H](O)C(=O)NO)CCCCCCCCCN(C)C1=O. The Labute approximate surface area is 161 Å². The van der Waals surface area contributed by atoms with Crippen LogP contribution in [0.25, 0.3) is 0 Å². The first-order valence-electron chi connectivity index (χ1n) is 9.97. The van der Waals surface area contributed by atoms with Crippen molar-refractivity contribution < 1.29 is 24.7 Å². The molecule has 3 atom stereocenters. The van der Waals surface area contributed by atoms with Crippen LogP contribution < -0.4 is 10.8 Å². The summed E-state index contributed by atoms with van der Waals surface area (Å²) in [6.07, 6.45) is 5.46. The third-order valence-electron chi connectivity index (χ3n) is 5.21. The number of hydrogen-bond acceptors (Lipinski definition) is 5. The lowest BCUT2D eigenvalue weighted by Crippen LogP contribution is -2.54. The second-order valence-electron chi connectivity index (χ2n) is 7.78. The lowest BCUT2D eigenvalue weighted by atomic mass is 9.92. The number of nitrogens with one attached hydrogen (secondary N) is 2. The molecule has 1 rings (SSSR count). The Morgan fingerprint density at radius 1 is 1.11 bits per heavy atom. The molecule has 8 nitrogen and oxygen atoms in total. The molecule has 0 aromatic carbocycles. The topological polar surface area (TPSA) is 119 Å². The van der Waals surface area contributed by atoms with E-state index in [4.69, 9.17) is 5.21 Å². The number of carbonyl (C=O) groups is 3. The van der Waals surface area contributed by atoms with E-state index in [1.54, 1.807) is 11.9 Å². The van der Waals surface area contributed by atoms with Crippen molar-refractivity contribution in [1.29, 1.82) is 0 Å². The van der Waals surface area contributed by atoms with E-state index in [0.29, 0.717) is 19.4 Å². The fourth-order valence-electron chi connectivity index (χ4n) is 3.40. The number of aliphatic hydroxyl groups is 1. The van der Waals surface area contributed by atoms with Gasteiger partial charge in [-0.2, -0.15) is 0 Å². The van der Waals surface area contributed by atoms with Crippen LogP contribution in [0.4, 0.5) is 0 Å². The summed E-state index contributed by atoms with van der Waals surface area (Å²) in [4.78, 5) is 38.8. The summed E-state index contributed by atoms with van der Waals surface area (Å²) in [6, 6.07) is -0.723. The van der Waals surface area contributed by atoms with Gasteiger partial charge < -0.3 is 15.3 Å². The lowest BCUT2D eigenvalue weighted by molar-refractivity contribution is -0.147. The molecule has 0 saturated carbocycles. The molecule has 4 N–H and O–H groups in total.